The number of anilines is 1. The van der Waals surface area contributed by atoms with Gasteiger partial charge in [-0.25, -0.2) is 4.79 Å². The number of rotatable bonds is 6. The fraction of sp³-hybridized carbons (Fsp3) is 0.125. The summed E-state index contributed by atoms with van der Waals surface area (Å²) in [6.07, 6.45) is 0.948. The minimum absolute atomic E-state index is 0.316. The Morgan fingerprint density at radius 2 is 1.57 bits per heavy atom. The molecule has 0 spiro atoms. The molecular formula is C24H22N4O2. The molecule has 30 heavy (non-hydrogen) atoms. The molecular weight excluding hydrogens is 376 g/mol. The van der Waals surface area contributed by atoms with Gasteiger partial charge in [0.25, 0.3) is 0 Å². The quantitative estimate of drug-likeness (QED) is 0.467. The van der Waals surface area contributed by atoms with Crippen molar-refractivity contribution in [1.82, 2.24) is 15.5 Å². The van der Waals surface area contributed by atoms with Crippen LogP contribution in [0.2, 0.25) is 0 Å². The van der Waals surface area contributed by atoms with Crippen molar-refractivity contribution < 1.29 is 9.21 Å². The van der Waals surface area contributed by atoms with Crippen LogP contribution in [-0.2, 0) is 6.42 Å². The fourth-order valence-corrected chi connectivity index (χ4v) is 3.10. The Bertz CT molecular complexity index is 1090. The molecule has 0 fully saturated rings. The van der Waals surface area contributed by atoms with E-state index in [0.717, 1.165) is 17.5 Å². The Balaban J connectivity index is 1.56. The SMILES string of the molecule is CCc1ccc(NC(=O)N[C@@H](c2ccccc2)c2nnc(-c3ccccc3)o2)cc1. The lowest BCUT2D eigenvalue weighted by atomic mass is 10.1. The van der Waals surface area contributed by atoms with Crippen molar-refractivity contribution in [3.8, 4) is 11.5 Å². The average Bonchev–Trinajstić information content (AvgIpc) is 3.29. The summed E-state index contributed by atoms with van der Waals surface area (Å²) >= 11 is 0. The summed E-state index contributed by atoms with van der Waals surface area (Å²) in [5, 5.41) is 14.2. The van der Waals surface area contributed by atoms with Crippen LogP contribution in [0.5, 0.6) is 0 Å². The van der Waals surface area contributed by atoms with Gasteiger partial charge in [-0.3, -0.25) is 0 Å². The normalized spacial score (nSPS) is 11.6. The van der Waals surface area contributed by atoms with Crippen LogP contribution < -0.4 is 10.6 Å². The van der Waals surface area contributed by atoms with E-state index in [1.807, 2.05) is 84.9 Å². The number of amides is 2. The van der Waals surface area contributed by atoms with Gasteiger partial charge in [0.05, 0.1) is 0 Å². The molecule has 150 valence electrons. The molecule has 4 aromatic rings. The maximum atomic E-state index is 12.7. The summed E-state index contributed by atoms with van der Waals surface area (Å²) in [4.78, 5) is 12.7. The second-order valence-electron chi connectivity index (χ2n) is 6.80. The van der Waals surface area contributed by atoms with Crippen molar-refractivity contribution in [2.75, 3.05) is 5.32 Å². The van der Waals surface area contributed by atoms with Crippen LogP contribution in [-0.4, -0.2) is 16.2 Å². The third-order valence-electron chi connectivity index (χ3n) is 4.74. The molecule has 0 aliphatic carbocycles. The van der Waals surface area contributed by atoms with E-state index >= 15 is 0 Å². The molecule has 0 saturated heterocycles. The Labute approximate surface area is 175 Å². The standard InChI is InChI=1S/C24H22N4O2/c1-2-17-13-15-20(16-14-17)25-24(29)26-21(18-9-5-3-6-10-18)23-28-27-22(30-23)19-11-7-4-8-12-19/h3-16,21H,2H2,1H3,(H2,25,26,29)/t21-/m0/s1. The second-order valence-corrected chi connectivity index (χ2v) is 6.80. The summed E-state index contributed by atoms with van der Waals surface area (Å²) in [5.41, 5.74) is 3.59. The van der Waals surface area contributed by atoms with Gasteiger partial charge in [0.2, 0.25) is 11.8 Å². The smallest absolute Gasteiger partial charge is 0.320 e. The first-order valence-electron chi connectivity index (χ1n) is 9.83. The number of aromatic nitrogens is 2. The summed E-state index contributed by atoms with van der Waals surface area (Å²) in [6, 6.07) is 25.9. The van der Waals surface area contributed by atoms with Gasteiger partial charge in [-0.1, -0.05) is 67.6 Å². The Morgan fingerprint density at radius 3 is 2.23 bits per heavy atom. The third kappa shape index (κ3) is 4.55. The minimum atomic E-state index is -0.578. The Morgan fingerprint density at radius 1 is 0.900 bits per heavy atom. The summed E-state index contributed by atoms with van der Waals surface area (Å²) in [6.45, 7) is 2.09. The first-order valence-corrected chi connectivity index (χ1v) is 9.83. The van der Waals surface area contributed by atoms with Gasteiger partial charge in [-0.15, -0.1) is 10.2 Å². The van der Waals surface area contributed by atoms with Crippen molar-refractivity contribution in [2.24, 2.45) is 0 Å². The molecule has 1 atom stereocenters. The predicted octanol–water partition coefficient (Wildman–Crippen LogP) is 5.21. The summed E-state index contributed by atoms with van der Waals surface area (Å²) in [7, 11) is 0. The summed E-state index contributed by atoms with van der Waals surface area (Å²) < 4.78 is 5.90. The molecule has 0 saturated carbocycles. The van der Waals surface area contributed by atoms with Crippen LogP contribution in [0.4, 0.5) is 10.5 Å². The number of benzene rings is 3. The van der Waals surface area contributed by atoms with Crippen LogP contribution in [0, 0.1) is 0 Å². The number of urea groups is 1. The lowest BCUT2D eigenvalue weighted by Gasteiger charge is -2.16. The van der Waals surface area contributed by atoms with E-state index in [4.69, 9.17) is 4.42 Å². The first-order chi connectivity index (χ1) is 14.7. The van der Waals surface area contributed by atoms with Gasteiger partial charge in [-0.05, 0) is 41.8 Å². The highest BCUT2D eigenvalue weighted by molar-refractivity contribution is 5.89. The monoisotopic (exact) mass is 398 g/mol. The zero-order valence-corrected chi connectivity index (χ0v) is 16.6. The minimum Gasteiger partial charge on any atom is -0.418 e. The lowest BCUT2D eigenvalue weighted by molar-refractivity contribution is 0.248. The molecule has 0 unspecified atom stereocenters. The van der Waals surface area contributed by atoms with E-state index < -0.39 is 6.04 Å². The summed E-state index contributed by atoms with van der Waals surface area (Å²) in [5.74, 6) is 0.723. The largest absolute Gasteiger partial charge is 0.418 e. The number of aryl methyl sites for hydroxylation is 1. The molecule has 6 heteroatoms. The van der Waals surface area contributed by atoms with Gasteiger partial charge in [0, 0.05) is 11.3 Å². The van der Waals surface area contributed by atoms with Crippen LogP contribution in [0.3, 0.4) is 0 Å². The molecule has 2 amide bonds. The van der Waals surface area contributed by atoms with E-state index in [-0.39, 0.29) is 6.03 Å². The van der Waals surface area contributed by atoms with Crippen molar-refractivity contribution in [1.29, 1.82) is 0 Å². The van der Waals surface area contributed by atoms with Gasteiger partial charge in [0.15, 0.2) is 0 Å². The van der Waals surface area contributed by atoms with E-state index in [9.17, 15) is 4.79 Å². The number of nitrogens with one attached hydrogen (secondary N) is 2. The third-order valence-corrected chi connectivity index (χ3v) is 4.74. The molecule has 0 bridgehead atoms. The average molecular weight is 398 g/mol. The van der Waals surface area contributed by atoms with Crippen molar-refractivity contribution >= 4 is 11.7 Å². The van der Waals surface area contributed by atoms with Crippen LogP contribution in [0.15, 0.2) is 89.3 Å². The number of hydrogen-bond acceptors (Lipinski definition) is 4. The second kappa shape index (κ2) is 9.05. The molecule has 2 N–H and O–H groups in total. The molecule has 1 heterocycles. The van der Waals surface area contributed by atoms with E-state index in [1.54, 1.807) is 0 Å². The maximum Gasteiger partial charge on any atom is 0.320 e. The highest BCUT2D eigenvalue weighted by Gasteiger charge is 2.23. The Hall–Kier alpha value is -3.93. The van der Waals surface area contributed by atoms with Crippen LogP contribution >= 0.6 is 0 Å². The fourth-order valence-electron chi connectivity index (χ4n) is 3.10. The van der Waals surface area contributed by atoms with Crippen LogP contribution in [0.25, 0.3) is 11.5 Å². The molecule has 0 aliphatic rings. The molecule has 0 radical (unpaired) electrons. The zero-order chi connectivity index (χ0) is 20.8. The molecule has 3 aromatic carbocycles. The van der Waals surface area contributed by atoms with E-state index in [1.165, 1.54) is 5.56 Å². The van der Waals surface area contributed by atoms with Gasteiger partial charge < -0.3 is 15.1 Å². The van der Waals surface area contributed by atoms with Crippen molar-refractivity contribution in [2.45, 2.75) is 19.4 Å². The predicted molar refractivity (Wildman–Crippen MR) is 116 cm³/mol. The molecule has 4 rings (SSSR count). The Kier molecular flexibility index (Phi) is 5.85. The van der Waals surface area contributed by atoms with Gasteiger partial charge in [-0.2, -0.15) is 0 Å². The van der Waals surface area contributed by atoms with E-state index in [0.29, 0.717) is 17.5 Å². The molecule has 0 aliphatic heterocycles. The number of carbonyl (C=O) groups excluding carboxylic acids is 1. The molecule has 1 aromatic heterocycles. The maximum absolute atomic E-state index is 12.7. The zero-order valence-electron chi connectivity index (χ0n) is 16.6. The molecule has 6 nitrogen and oxygen atoms in total. The van der Waals surface area contributed by atoms with Gasteiger partial charge in [0.1, 0.15) is 6.04 Å². The number of carbonyl (C=O) groups is 1. The first kappa shape index (κ1) is 19.4. The van der Waals surface area contributed by atoms with Crippen molar-refractivity contribution in [3.05, 3.63) is 102 Å². The highest BCUT2D eigenvalue weighted by atomic mass is 16.4. The lowest BCUT2D eigenvalue weighted by Crippen LogP contribution is -2.33. The van der Waals surface area contributed by atoms with Gasteiger partial charge >= 0.3 is 6.03 Å². The number of hydrogen-bond donors (Lipinski definition) is 2. The van der Waals surface area contributed by atoms with Crippen LogP contribution in [0.1, 0.15) is 30.0 Å². The highest BCUT2D eigenvalue weighted by Crippen LogP contribution is 2.25. The number of nitrogens with zero attached hydrogens (tertiary/aromatic N) is 2. The van der Waals surface area contributed by atoms with E-state index in [2.05, 4.69) is 27.8 Å². The topological polar surface area (TPSA) is 80.0 Å². The van der Waals surface area contributed by atoms with Crippen molar-refractivity contribution in [3.63, 3.8) is 0 Å².